The van der Waals surface area contributed by atoms with E-state index < -0.39 is 17.5 Å². The van der Waals surface area contributed by atoms with Crippen LogP contribution in [0.25, 0.3) is 5.69 Å². The van der Waals surface area contributed by atoms with Crippen molar-refractivity contribution in [2.24, 2.45) is 0 Å². The second-order valence-corrected chi connectivity index (χ2v) is 3.12. The first kappa shape index (κ1) is 10.3. The maximum Gasteiger partial charge on any atom is 0.161 e. The van der Waals surface area contributed by atoms with E-state index in [1.807, 2.05) is 0 Å². The highest BCUT2D eigenvalue weighted by atomic mass is 19.2. The van der Waals surface area contributed by atoms with Crippen LogP contribution in [0.2, 0.25) is 0 Å². The van der Waals surface area contributed by atoms with Gasteiger partial charge in [0.25, 0.3) is 0 Å². The molecule has 0 aliphatic carbocycles. The third kappa shape index (κ3) is 1.56. The van der Waals surface area contributed by atoms with E-state index in [1.54, 1.807) is 0 Å². The molecule has 16 heavy (non-hydrogen) atoms. The average Bonchev–Trinajstić information content (AvgIpc) is 2.51. The van der Waals surface area contributed by atoms with E-state index in [0.717, 1.165) is 4.68 Å². The molecule has 0 fully saturated rings. The van der Waals surface area contributed by atoms with Crippen molar-refractivity contribution in [3.8, 4) is 5.69 Å². The first-order valence-electron chi connectivity index (χ1n) is 4.25. The Bertz CT molecular complexity index is 550. The maximum atomic E-state index is 13.3. The van der Waals surface area contributed by atoms with Gasteiger partial charge in [0, 0.05) is 18.2 Å². The molecule has 0 saturated carbocycles. The van der Waals surface area contributed by atoms with Gasteiger partial charge >= 0.3 is 0 Å². The van der Waals surface area contributed by atoms with Crippen LogP contribution in [0.1, 0.15) is 0 Å². The molecule has 7 heteroatoms. The number of halogens is 3. The van der Waals surface area contributed by atoms with Crippen LogP contribution in [0.3, 0.4) is 0 Å². The zero-order chi connectivity index (χ0) is 11.9. The Hall–Kier alpha value is -2.18. The molecule has 0 atom stereocenters. The largest absolute Gasteiger partial charge is 0.384 e. The van der Waals surface area contributed by atoms with Crippen LogP contribution in [-0.4, -0.2) is 9.78 Å². The first-order chi connectivity index (χ1) is 7.49. The number of anilines is 2. The molecule has 0 bridgehead atoms. The summed E-state index contributed by atoms with van der Waals surface area (Å²) < 4.78 is 39.8. The first-order valence-corrected chi connectivity index (χ1v) is 4.25. The van der Waals surface area contributed by atoms with E-state index in [0.29, 0.717) is 12.1 Å². The Morgan fingerprint density at radius 2 is 1.56 bits per heavy atom. The van der Waals surface area contributed by atoms with Crippen LogP contribution in [0, 0.1) is 17.5 Å². The Morgan fingerprint density at radius 1 is 0.938 bits per heavy atom. The Kier molecular flexibility index (Phi) is 2.22. The highest BCUT2D eigenvalue weighted by Gasteiger charge is 2.14. The molecule has 1 heterocycles. The minimum atomic E-state index is -1.28. The van der Waals surface area contributed by atoms with Gasteiger partial charge in [0.1, 0.15) is 17.3 Å². The van der Waals surface area contributed by atoms with Crippen LogP contribution in [-0.2, 0) is 0 Å². The number of hydrogen-bond acceptors (Lipinski definition) is 3. The molecule has 2 aromatic rings. The molecule has 0 spiro atoms. The molecule has 1 aromatic carbocycles. The van der Waals surface area contributed by atoms with Crippen molar-refractivity contribution in [3.05, 3.63) is 35.7 Å². The molecule has 0 radical (unpaired) electrons. The summed E-state index contributed by atoms with van der Waals surface area (Å²) in [4.78, 5) is 0. The van der Waals surface area contributed by atoms with E-state index >= 15 is 0 Å². The summed E-state index contributed by atoms with van der Waals surface area (Å²) in [7, 11) is 0. The summed E-state index contributed by atoms with van der Waals surface area (Å²) in [6.07, 6.45) is 0. The Balaban J connectivity index is 2.64. The average molecular weight is 228 g/mol. The monoisotopic (exact) mass is 228 g/mol. The number of rotatable bonds is 1. The number of hydrogen-bond donors (Lipinski definition) is 2. The van der Waals surface area contributed by atoms with Crippen molar-refractivity contribution >= 4 is 11.6 Å². The Morgan fingerprint density at radius 3 is 2.12 bits per heavy atom. The lowest BCUT2D eigenvalue weighted by Gasteiger charge is -2.05. The standard InChI is InChI=1S/C9H7F3N4/c10-4-1-6(12)7(2-5(4)11)16-9(14)3-8(13)15-16/h1-3H,14H2,(H2,13,15). The predicted octanol–water partition coefficient (Wildman–Crippen LogP) is 1.45. The minimum Gasteiger partial charge on any atom is -0.384 e. The number of nitrogen functional groups attached to an aromatic ring is 2. The van der Waals surface area contributed by atoms with Gasteiger partial charge in [0.05, 0.1) is 0 Å². The van der Waals surface area contributed by atoms with Crippen molar-refractivity contribution in [2.45, 2.75) is 0 Å². The van der Waals surface area contributed by atoms with Gasteiger partial charge < -0.3 is 11.5 Å². The second-order valence-electron chi connectivity index (χ2n) is 3.12. The summed E-state index contributed by atoms with van der Waals surface area (Å²) in [5.74, 6) is -3.36. The van der Waals surface area contributed by atoms with Gasteiger partial charge in [-0.05, 0) is 0 Å². The number of aromatic nitrogens is 2. The van der Waals surface area contributed by atoms with Crippen molar-refractivity contribution in [1.82, 2.24) is 9.78 Å². The molecule has 84 valence electrons. The van der Waals surface area contributed by atoms with Crippen molar-refractivity contribution < 1.29 is 13.2 Å². The lowest BCUT2D eigenvalue weighted by molar-refractivity contribution is 0.491. The fourth-order valence-electron chi connectivity index (χ4n) is 1.28. The lowest BCUT2D eigenvalue weighted by Crippen LogP contribution is -2.06. The molecule has 0 saturated heterocycles. The molecule has 1 aromatic heterocycles. The summed E-state index contributed by atoms with van der Waals surface area (Å²) in [5.41, 5.74) is 10.5. The maximum absolute atomic E-state index is 13.3. The van der Waals surface area contributed by atoms with E-state index in [9.17, 15) is 13.2 Å². The van der Waals surface area contributed by atoms with Crippen LogP contribution in [0.15, 0.2) is 18.2 Å². The molecular formula is C9H7F3N4. The number of benzene rings is 1. The van der Waals surface area contributed by atoms with Crippen molar-refractivity contribution in [3.63, 3.8) is 0 Å². The minimum absolute atomic E-state index is 0.0300. The quantitative estimate of drug-likeness (QED) is 0.726. The highest BCUT2D eigenvalue weighted by Crippen LogP contribution is 2.21. The molecule has 0 aliphatic rings. The normalized spacial score (nSPS) is 10.7. The highest BCUT2D eigenvalue weighted by molar-refractivity contribution is 5.49. The zero-order valence-electron chi connectivity index (χ0n) is 7.92. The molecule has 2 rings (SSSR count). The summed E-state index contributed by atoms with van der Waals surface area (Å²) >= 11 is 0. The second kappa shape index (κ2) is 3.44. The van der Waals surface area contributed by atoms with Crippen LogP contribution in [0.5, 0.6) is 0 Å². The van der Waals surface area contributed by atoms with Gasteiger partial charge in [-0.15, -0.1) is 5.10 Å². The SMILES string of the molecule is Nc1cc(N)n(-c2cc(F)c(F)cc2F)n1. The van der Waals surface area contributed by atoms with Crippen molar-refractivity contribution in [2.75, 3.05) is 11.5 Å². The van der Waals surface area contributed by atoms with E-state index in [-0.39, 0.29) is 17.3 Å². The fraction of sp³-hybridized carbons (Fsp3) is 0. The fourth-order valence-corrected chi connectivity index (χ4v) is 1.28. The molecule has 4 N–H and O–H groups in total. The van der Waals surface area contributed by atoms with Gasteiger partial charge in [0.2, 0.25) is 0 Å². The third-order valence-electron chi connectivity index (χ3n) is 1.97. The van der Waals surface area contributed by atoms with Crippen LogP contribution < -0.4 is 11.5 Å². The summed E-state index contributed by atoms with van der Waals surface area (Å²) in [6, 6.07) is 2.36. The van der Waals surface area contributed by atoms with E-state index in [4.69, 9.17) is 11.5 Å². The van der Waals surface area contributed by atoms with E-state index in [1.165, 1.54) is 6.07 Å². The van der Waals surface area contributed by atoms with Gasteiger partial charge in [-0.2, -0.15) is 0 Å². The zero-order valence-corrected chi connectivity index (χ0v) is 7.92. The number of nitrogens with two attached hydrogens (primary N) is 2. The van der Waals surface area contributed by atoms with Gasteiger partial charge in [-0.1, -0.05) is 0 Å². The third-order valence-corrected chi connectivity index (χ3v) is 1.97. The number of nitrogens with zero attached hydrogens (tertiary/aromatic N) is 2. The van der Waals surface area contributed by atoms with Gasteiger partial charge in [-0.25, -0.2) is 17.9 Å². The van der Waals surface area contributed by atoms with Gasteiger partial charge in [-0.3, -0.25) is 0 Å². The summed E-state index contributed by atoms with van der Waals surface area (Å²) in [5, 5.41) is 3.65. The van der Waals surface area contributed by atoms with Crippen molar-refractivity contribution in [1.29, 1.82) is 0 Å². The Labute approximate surface area is 88.3 Å². The van der Waals surface area contributed by atoms with E-state index in [2.05, 4.69) is 5.10 Å². The molecule has 0 aliphatic heterocycles. The summed E-state index contributed by atoms with van der Waals surface area (Å²) in [6.45, 7) is 0. The molecular weight excluding hydrogens is 221 g/mol. The lowest BCUT2D eigenvalue weighted by atomic mass is 10.3. The van der Waals surface area contributed by atoms with Crippen LogP contribution >= 0.6 is 0 Å². The van der Waals surface area contributed by atoms with Gasteiger partial charge in [0.15, 0.2) is 17.5 Å². The van der Waals surface area contributed by atoms with Crippen LogP contribution in [0.4, 0.5) is 24.8 Å². The molecule has 0 unspecified atom stereocenters. The molecule has 0 amide bonds. The molecule has 4 nitrogen and oxygen atoms in total. The predicted molar refractivity (Wildman–Crippen MR) is 52.3 cm³/mol. The smallest absolute Gasteiger partial charge is 0.161 e. The topological polar surface area (TPSA) is 69.9 Å².